The van der Waals surface area contributed by atoms with Crippen LogP contribution in [0, 0.1) is 10.1 Å². The van der Waals surface area contributed by atoms with E-state index in [0.29, 0.717) is 51.4 Å². The molecule has 1 aliphatic rings. The van der Waals surface area contributed by atoms with Crippen molar-refractivity contribution in [3.05, 3.63) is 28.3 Å². The van der Waals surface area contributed by atoms with Gasteiger partial charge in [-0.2, -0.15) is 16.1 Å². The molecule has 1 saturated heterocycles. The molecule has 29 heavy (non-hydrogen) atoms. The van der Waals surface area contributed by atoms with Crippen LogP contribution < -0.4 is 4.90 Å². The van der Waals surface area contributed by atoms with E-state index >= 15 is 0 Å². The fraction of sp³-hybridized carbons (Fsp3) is 0.611. The molecular formula is C18H28N4O5S2. The molecule has 0 radical (unpaired) electrons. The second kappa shape index (κ2) is 10.3. The van der Waals surface area contributed by atoms with E-state index in [2.05, 4.69) is 0 Å². The van der Waals surface area contributed by atoms with Gasteiger partial charge in [-0.15, -0.1) is 0 Å². The van der Waals surface area contributed by atoms with Gasteiger partial charge in [-0.25, -0.2) is 8.42 Å². The van der Waals surface area contributed by atoms with Crippen molar-refractivity contribution < 1.29 is 18.1 Å². The molecule has 162 valence electrons. The molecule has 1 aliphatic heterocycles. The molecule has 0 atom stereocenters. The zero-order valence-corrected chi connectivity index (χ0v) is 18.7. The Labute approximate surface area is 176 Å². The number of thioether (sulfide) groups is 1. The van der Waals surface area contributed by atoms with Crippen LogP contribution in [0.2, 0.25) is 0 Å². The van der Waals surface area contributed by atoms with Crippen molar-refractivity contribution in [3.8, 4) is 0 Å². The minimum Gasteiger partial charge on any atom is -0.362 e. The number of anilines is 1. The number of amides is 1. The first-order valence-corrected chi connectivity index (χ1v) is 12.4. The molecule has 1 aromatic carbocycles. The van der Waals surface area contributed by atoms with Crippen LogP contribution in [-0.2, 0) is 14.8 Å². The van der Waals surface area contributed by atoms with Gasteiger partial charge in [0.2, 0.25) is 15.9 Å². The summed E-state index contributed by atoms with van der Waals surface area (Å²) in [7, 11) is -3.78. The quantitative estimate of drug-likeness (QED) is 0.424. The second-order valence-electron chi connectivity index (χ2n) is 6.61. The third kappa shape index (κ3) is 5.40. The van der Waals surface area contributed by atoms with E-state index in [1.54, 1.807) is 30.5 Å². The molecule has 1 aromatic rings. The molecule has 1 amide bonds. The van der Waals surface area contributed by atoms with Crippen molar-refractivity contribution in [2.45, 2.75) is 25.2 Å². The fourth-order valence-corrected chi connectivity index (χ4v) is 5.19. The van der Waals surface area contributed by atoms with Gasteiger partial charge >= 0.3 is 0 Å². The fourth-order valence-electron chi connectivity index (χ4n) is 3.33. The monoisotopic (exact) mass is 444 g/mol. The van der Waals surface area contributed by atoms with Crippen LogP contribution in [0.4, 0.5) is 11.4 Å². The van der Waals surface area contributed by atoms with Crippen LogP contribution >= 0.6 is 11.8 Å². The van der Waals surface area contributed by atoms with Gasteiger partial charge in [-0.1, -0.05) is 13.8 Å². The third-order valence-corrected chi connectivity index (χ3v) is 7.64. The molecule has 1 fully saturated rings. The highest BCUT2D eigenvalue weighted by molar-refractivity contribution is 7.98. The van der Waals surface area contributed by atoms with Crippen LogP contribution in [0.5, 0.6) is 0 Å². The maximum Gasteiger partial charge on any atom is 0.293 e. The van der Waals surface area contributed by atoms with Gasteiger partial charge < -0.3 is 9.80 Å². The summed E-state index contributed by atoms with van der Waals surface area (Å²) in [6, 6.07) is 4.06. The first-order chi connectivity index (χ1) is 13.8. The minimum atomic E-state index is -3.78. The molecule has 0 bridgehead atoms. The SMILES string of the molecule is CCN(CC)S(=O)(=O)c1ccc(N2CCN(C(=O)CCSC)CC2)c([N+](=O)[O-])c1. The van der Waals surface area contributed by atoms with Crippen LogP contribution in [0.3, 0.4) is 0 Å². The van der Waals surface area contributed by atoms with Gasteiger partial charge in [0.25, 0.3) is 5.69 Å². The first-order valence-electron chi connectivity index (χ1n) is 9.56. The van der Waals surface area contributed by atoms with Crippen molar-refractivity contribution >= 4 is 39.1 Å². The standard InChI is InChI=1S/C18H28N4O5S2/c1-4-21(5-2)29(26,27)15-6-7-16(17(14-15)22(24)25)19-9-11-20(12-10-19)18(23)8-13-28-3/h6-7,14H,4-5,8-13H2,1-3H3. The number of hydrogen-bond acceptors (Lipinski definition) is 7. The molecule has 0 aromatic heterocycles. The lowest BCUT2D eigenvalue weighted by molar-refractivity contribution is -0.384. The van der Waals surface area contributed by atoms with Gasteiger partial charge in [0.15, 0.2) is 0 Å². The second-order valence-corrected chi connectivity index (χ2v) is 9.53. The predicted molar refractivity (Wildman–Crippen MR) is 115 cm³/mol. The molecule has 0 saturated carbocycles. The first kappa shape index (κ1) is 23.4. The van der Waals surface area contributed by atoms with Crippen LogP contribution in [0.15, 0.2) is 23.1 Å². The molecule has 0 N–H and O–H groups in total. The highest BCUT2D eigenvalue weighted by Gasteiger charge is 2.29. The Balaban J connectivity index is 2.23. The Bertz CT molecular complexity index is 835. The summed E-state index contributed by atoms with van der Waals surface area (Å²) in [5, 5.41) is 11.6. The molecule has 2 rings (SSSR count). The number of carbonyl (C=O) groups excluding carboxylic acids is 1. The molecule has 0 spiro atoms. The largest absolute Gasteiger partial charge is 0.362 e. The Kier molecular flexibility index (Phi) is 8.29. The Morgan fingerprint density at radius 1 is 1.21 bits per heavy atom. The van der Waals surface area contributed by atoms with Crippen LogP contribution in [-0.4, -0.2) is 79.7 Å². The summed E-state index contributed by atoms with van der Waals surface area (Å²) in [5.41, 5.74) is 0.144. The molecule has 0 aliphatic carbocycles. The zero-order valence-electron chi connectivity index (χ0n) is 17.0. The summed E-state index contributed by atoms with van der Waals surface area (Å²) in [6.07, 6.45) is 2.44. The Hall–Kier alpha value is -1.85. The maximum absolute atomic E-state index is 12.7. The van der Waals surface area contributed by atoms with Crippen LogP contribution in [0.25, 0.3) is 0 Å². The van der Waals surface area contributed by atoms with Crippen molar-refractivity contribution in [2.24, 2.45) is 0 Å². The number of nitro benzene ring substituents is 1. The zero-order chi connectivity index (χ0) is 21.6. The summed E-state index contributed by atoms with van der Waals surface area (Å²) in [5.74, 6) is 0.863. The van der Waals surface area contributed by atoms with Gasteiger partial charge in [0, 0.05) is 57.5 Å². The summed E-state index contributed by atoms with van der Waals surface area (Å²) >= 11 is 1.62. The highest BCUT2D eigenvalue weighted by atomic mass is 32.2. The Morgan fingerprint density at radius 2 is 1.83 bits per heavy atom. The molecule has 9 nitrogen and oxygen atoms in total. The van der Waals surface area contributed by atoms with Crippen molar-refractivity contribution in [3.63, 3.8) is 0 Å². The van der Waals surface area contributed by atoms with Gasteiger partial charge in [-0.3, -0.25) is 14.9 Å². The Morgan fingerprint density at radius 3 is 2.34 bits per heavy atom. The average molecular weight is 445 g/mol. The van der Waals surface area contributed by atoms with Gasteiger partial charge in [-0.05, 0) is 18.4 Å². The van der Waals surface area contributed by atoms with E-state index in [0.717, 1.165) is 11.8 Å². The van der Waals surface area contributed by atoms with E-state index in [1.807, 2.05) is 11.2 Å². The van der Waals surface area contributed by atoms with Gasteiger partial charge in [0.1, 0.15) is 5.69 Å². The topological polar surface area (TPSA) is 104 Å². The lowest BCUT2D eigenvalue weighted by atomic mass is 10.2. The van der Waals surface area contributed by atoms with E-state index in [4.69, 9.17) is 0 Å². The maximum atomic E-state index is 12.7. The number of nitro groups is 1. The van der Waals surface area contributed by atoms with E-state index in [-0.39, 0.29) is 16.5 Å². The van der Waals surface area contributed by atoms with Crippen molar-refractivity contribution in [2.75, 3.05) is 56.2 Å². The van der Waals surface area contributed by atoms with E-state index in [9.17, 15) is 23.3 Å². The van der Waals surface area contributed by atoms with Gasteiger partial charge in [0.05, 0.1) is 9.82 Å². The van der Waals surface area contributed by atoms with Crippen LogP contribution in [0.1, 0.15) is 20.3 Å². The predicted octanol–water partition coefficient (Wildman–Crippen LogP) is 2.03. The minimum absolute atomic E-state index is 0.0810. The summed E-state index contributed by atoms with van der Waals surface area (Å²) in [6.45, 7) is 5.95. The number of carbonyl (C=O) groups is 1. The number of sulfonamides is 1. The van der Waals surface area contributed by atoms with Crippen molar-refractivity contribution in [1.82, 2.24) is 9.21 Å². The smallest absolute Gasteiger partial charge is 0.293 e. The normalized spacial score (nSPS) is 15.0. The number of benzene rings is 1. The highest BCUT2D eigenvalue weighted by Crippen LogP contribution is 2.32. The third-order valence-electron chi connectivity index (χ3n) is 4.98. The lowest BCUT2D eigenvalue weighted by Gasteiger charge is -2.36. The summed E-state index contributed by atoms with van der Waals surface area (Å²) in [4.78, 5) is 26.8. The molecule has 1 heterocycles. The molecule has 11 heteroatoms. The number of piperazine rings is 1. The number of hydrogen-bond donors (Lipinski definition) is 0. The van der Waals surface area contributed by atoms with E-state index < -0.39 is 14.9 Å². The molecule has 0 unspecified atom stereocenters. The summed E-state index contributed by atoms with van der Waals surface area (Å²) < 4.78 is 26.7. The average Bonchev–Trinajstić information content (AvgIpc) is 2.72. The van der Waals surface area contributed by atoms with E-state index in [1.165, 1.54) is 16.4 Å². The van der Waals surface area contributed by atoms with Crippen molar-refractivity contribution in [1.29, 1.82) is 0 Å². The number of rotatable bonds is 9. The number of nitrogens with zero attached hydrogens (tertiary/aromatic N) is 4. The molecular weight excluding hydrogens is 416 g/mol. The lowest BCUT2D eigenvalue weighted by Crippen LogP contribution is -2.49.